The number of aliphatic hydroxyl groups is 1. The molecule has 0 aliphatic rings. The molecule has 6 heteroatoms. The topological polar surface area (TPSA) is 41.5 Å². The molecule has 2 N–H and O–H groups in total. The van der Waals surface area contributed by atoms with Crippen LogP contribution in [0.15, 0.2) is 24.3 Å². The van der Waals surface area contributed by atoms with E-state index in [0.717, 1.165) is 0 Å². The van der Waals surface area contributed by atoms with Gasteiger partial charge in [0.1, 0.15) is 5.75 Å². The predicted molar refractivity (Wildman–Crippen MR) is 62.5 cm³/mol. The highest BCUT2D eigenvalue weighted by atomic mass is 19.4. The number of alkyl halides is 3. The van der Waals surface area contributed by atoms with E-state index in [1.165, 1.54) is 18.2 Å². The Hall–Kier alpha value is -1.43. The highest BCUT2D eigenvalue weighted by Gasteiger charge is 2.31. The minimum absolute atomic E-state index is 0.268. The van der Waals surface area contributed by atoms with Crippen molar-refractivity contribution in [2.24, 2.45) is 0 Å². The molecule has 1 rings (SSSR count). The quantitative estimate of drug-likeness (QED) is 0.857. The maximum absolute atomic E-state index is 12.0. The molecule has 0 fully saturated rings. The molecule has 18 heavy (non-hydrogen) atoms. The molecule has 0 atom stereocenters. The van der Waals surface area contributed by atoms with Gasteiger partial charge in [-0.1, -0.05) is 6.07 Å². The summed E-state index contributed by atoms with van der Waals surface area (Å²) in [5.74, 6) is -0.268. The fourth-order valence-corrected chi connectivity index (χ4v) is 1.32. The minimum atomic E-state index is -4.69. The Balaban J connectivity index is 2.55. The van der Waals surface area contributed by atoms with Crippen LogP contribution in [0, 0.1) is 0 Å². The maximum atomic E-state index is 12.0. The number of hydrogen-bond donors (Lipinski definition) is 2. The summed E-state index contributed by atoms with van der Waals surface area (Å²) in [5, 5.41) is 12.4. The Bertz CT molecular complexity index is 386. The zero-order chi connectivity index (χ0) is 13.8. The normalized spacial score (nSPS) is 12.3. The van der Waals surface area contributed by atoms with E-state index in [0.29, 0.717) is 18.7 Å². The van der Waals surface area contributed by atoms with Crippen LogP contribution < -0.4 is 10.1 Å². The molecule has 0 aliphatic heterocycles. The van der Waals surface area contributed by atoms with Crippen LogP contribution in [0.4, 0.5) is 18.9 Å². The van der Waals surface area contributed by atoms with Crippen molar-refractivity contribution in [2.45, 2.75) is 32.2 Å². The van der Waals surface area contributed by atoms with Crippen molar-refractivity contribution in [1.82, 2.24) is 0 Å². The van der Waals surface area contributed by atoms with Crippen molar-refractivity contribution < 1.29 is 23.0 Å². The first kappa shape index (κ1) is 14.6. The Labute approximate surface area is 104 Å². The Morgan fingerprint density at radius 1 is 1.28 bits per heavy atom. The van der Waals surface area contributed by atoms with E-state index in [9.17, 15) is 18.3 Å². The molecule has 0 radical (unpaired) electrons. The zero-order valence-corrected chi connectivity index (χ0v) is 10.2. The molecule has 1 aromatic rings. The summed E-state index contributed by atoms with van der Waals surface area (Å²) >= 11 is 0. The second kappa shape index (κ2) is 5.48. The van der Waals surface area contributed by atoms with Crippen molar-refractivity contribution >= 4 is 5.69 Å². The van der Waals surface area contributed by atoms with E-state index >= 15 is 0 Å². The van der Waals surface area contributed by atoms with Crippen LogP contribution in [-0.2, 0) is 0 Å². The lowest BCUT2D eigenvalue weighted by molar-refractivity contribution is -0.274. The highest BCUT2D eigenvalue weighted by molar-refractivity contribution is 5.48. The number of rotatable bonds is 5. The smallest absolute Gasteiger partial charge is 0.406 e. The Morgan fingerprint density at radius 3 is 2.50 bits per heavy atom. The predicted octanol–water partition coefficient (Wildman–Crippen LogP) is 3.16. The first-order valence-electron chi connectivity index (χ1n) is 5.48. The van der Waals surface area contributed by atoms with Gasteiger partial charge in [-0.25, -0.2) is 0 Å². The molecule has 0 unspecified atom stereocenters. The van der Waals surface area contributed by atoms with E-state index < -0.39 is 12.0 Å². The summed E-state index contributed by atoms with van der Waals surface area (Å²) in [7, 11) is 0. The van der Waals surface area contributed by atoms with Crippen LogP contribution >= 0.6 is 0 Å². The van der Waals surface area contributed by atoms with Crippen molar-refractivity contribution in [3.63, 3.8) is 0 Å². The monoisotopic (exact) mass is 263 g/mol. The van der Waals surface area contributed by atoms with E-state index in [1.54, 1.807) is 19.9 Å². The first-order valence-corrected chi connectivity index (χ1v) is 5.48. The van der Waals surface area contributed by atoms with Crippen molar-refractivity contribution in [2.75, 3.05) is 11.9 Å². The van der Waals surface area contributed by atoms with Crippen molar-refractivity contribution in [3.05, 3.63) is 24.3 Å². The van der Waals surface area contributed by atoms with E-state index in [2.05, 4.69) is 10.1 Å². The van der Waals surface area contributed by atoms with Gasteiger partial charge < -0.3 is 15.2 Å². The van der Waals surface area contributed by atoms with Crippen LogP contribution in [0.3, 0.4) is 0 Å². The lowest BCUT2D eigenvalue weighted by Crippen LogP contribution is -2.22. The number of benzene rings is 1. The van der Waals surface area contributed by atoms with Gasteiger partial charge in [-0.05, 0) is 32.4 Å². The van der Waals surface area contributed by atoms with Gasteiger partial charge in [0.15, 0.2) is 0 Å². The second-order valence-corrected chi connectivity index (χ2v) is 4.56. The zero-order valence-electron chi connectivity index (χ0n) is 10.2. The summed E-state index contributed by atoms with van der Waals surface area (Å²) in [6.45, 7) is 3.79. The molecule has 0 amide bonds. The van der Waals surface area contributed by atoms with Crippen molar-refractivity contribution in [3.8, 4) is 5.75 Å². The van der Waals surface area contributed by atoms with Gasteiger partial charge in [0.2, 0.25) is 0 Å². The number of anilines is 1. The molecule has 0 bridgehead atoms. The average Bonchev–Trinajstić information content (AvgIpc) is 2.13. The third-order valence-electron chi connectivity index (χ3n) is 2.13. The number of halogens is 3. The van der Waals surface area contributed by atoms with Gasteiger partial charge in [-0.3, -0.25) is 0 Å². The largest absolute Gasteiger partial charge is 0.573 e. The molecule has 0 saturated heterocycles. The molecule has 0 spiro atoms. The summed E-state index contributed by atoms with van der Waals surface area (Å²) in [6.07, 6.45) is -4.21. The average molecular weight is 263 g/mol. The Kier molecular flexibility index (Phi) is 4.45. The van der Waals surface area contributed by atoms with Gasteiger partial charge in [-0.15, -0.1) is 13.2 Å². The van der Waals surface area contributed by atoms with Crippen LogP contribution in [0.2, 0.25) is 0 Å². The number of ether oxygens (including phenoxy) is 1. The lowest BCUT2D eigenvalue weighted by atomic mass is 10.1. The highest BCUT2D eigenvalue weighted by Crippen LogP contribution is 2.25. The van der Waals surface area contributed by atoms with Gasteiger partial charge in [-0.2, -0.15) is 0 Å². The molecule has 0 aromatic heterocycles. The van der Waals surface area contributed by atoms with E-state index in [-0.39, 0.29) is 5.75 Å². The SMILES string of the molecule is CC(C)(O)CCNc1cccc(OC(F)(F)F)c1. The third-order valence-corrected chi connectivity index (χ3v) is 2.13. The van der Waals surface area contributed by atoms with Gasteiger partial charge >= 0.3 is 6.36 Å². The van der Waals surface area contributed by atoms with E-state index in [1.807, 2.05) is 0 Å². The molecule has 1 aromatic carbocycles. The third kappa shape index (κ3) is 6.34. The molecule has 0 saturated carbocycles. The Morgan fingerprint density at radius 2 is 1.94 bits per heavy atom. The van der Waals surface area contributed by atoms with E-state index in [4.69, 9.17) is 0 Å². The van der Waals surface area contributed by atoms with Crippen LogP contribution in [0.1, 0.15) is 20.3 Å². The number of hydrogen-bond acceptors (Lipinski definition) is 3. The summed E-state index contributed by atoms with van der Waals surface area (Å²) < 4.78 is 39.8. The summed E-state index contributed by atoms with van der Waals surface area (Å²) in [6, 6.07) is 5.59. The molecule has 0 heterocycles. The number of nitrogens with one attached hydrogen (secondary N) is 1. The second-order valence-electron chi connectivity index (χ2n) is 4.56. The standard InChI is InChI=1S/C12H16F3NO2/c1-11(2,17)6-7-16-9-4-3-5-10(8-9)18-12(13,14)15/h3-5,8,16-17H,6-7H2,1-2H3. The molecular weight excluding hydrogens is 247 g/mol. The fraction of sp³-hybridized carbons (Fsp3) is 0.500. The van der Waals surface area contributed by atoms with Gasteiger partial charge in [0.25, 0.3) is 0 Å². The minimum Gasteiger partial charge on any atom is -0.406 e. The maximum Gasteiger partial charge on any atom is 0.573 e. The fourth-order valence-electron chi connectivity index (χ4n) is 1.32. The van der Waals surface area contributed by atoms with Gasteiger partial charge in [0, 0.05) is 18.3 Å². The lowest BCUT2D eigenvalue weighted by Gasteiger charge is -2.17. The molecule has 0 aliphatic carbocycles. The molecular formula is C12H16F3NO2. The molecule has 102 valence electrons. The van der Waals surface area contributed by atoms with Gasteiger partial charge in [0.05, 0.1) is 5.60 Å². The summed E-state index contributed by atoms with van der Waals surface area (Å²) in [5.41, 5.74) is -0.298. The summed E-state index contributed by atoms with van der Waals surface area (Å²) in [4.78, 5) is 0. The van der Waals surface area contributed by atoms with Crippen LogP contribution in [-0.4, -0.2) is 23.6 Å². The first-order chi connectivity index (χ1) is 8.16. The van der Waals surface area contributed by atoms with Crippen LogP contribution in [0.25, 0.3) is 0 Å². The van der Waals surface area contributed by atoms with Crippen LogP contribution in [0.5, 0.6) is 5.75 Å². The van der Waals surface area contributed by atoms with Crippen molar-refractivity contribution in [1.29, 1.82) is 0 Å². The molecule has 3 nitrogen and oxygen atoms in total.